The Hall–Kier alpha value is -3.61. The Labute approximate surface area is 141 Å². The smallest absolute Gasteiger partial charge is 0.360 e. The van der Waals surface area contributed by atoms with E-state index in [-0.39, 0.29) is 28.5 Å². The second-order valence-electron chi connectivity index (χ2n) is 5.23. The van der Waals surface area contributed by atoms with E-state index in [1.54, 1.807) is 30.3 Å². The molecule has 2 N–H and O–H groups in total. The van der Waals surface area contributed by atoms with Crippen LogP contribution in [0.15, 0.2) is 67.0 Å². The van der Waals surface area contributed by atoms with E-state index in [2.05, 4.69) is 5.32 Å². The standard InChI is InChI=1S/C18H13NO6/c1-10-9-13(20)15(18(23)24-10)14-8-7-12(17(22)25-14)19-16(21)11-5-3-2-4-6-11/h2-9,20H,1H3,(H,19,21). The van der Waals surface area contributed by atoms with Crippen molar-refractivity contribution in [2.45, 2.75) is 6.92 Å². The van der Waals surface area contributed by atoms with Gasteiger partial charge in [-0.2, -0.15) is 0 Å². The average molecular weight is 339 g/mol. The first kappa shape index (κ1) is 16.3. The highest BCUT2D eigenvalue weighted by Gasteiger charge is 2.17. The second-order valence-corrected chi connectivity index (χ2v) is 5.23. The molecule has 0 radical (unpaired) electrons. The number of rotatable bonds is 3. The number of carbonyl (C=O) groups is 1. The number of aryl methyl sites for hydroxylation is 1. The monoisotopic (exact) mass is 339 g/mol. The molecule has 0 unspecified atom stereocenters. The lowest BCUT2D eigenvalue weighted by Crippen LogP contribution is -2.18. The van der Waals surface area contributed by atoms with Gasteiger partial charge in [-0.05, 0) is 31.2 Å². The van der Waals surface area contributed by atoms with E-state index in [9.17, 15) is 19.5 Å². The minimum Gasteiger partial charge on any atom is -0.507 e. The number of benzene rings is 1. The van der Waals surface area contributed by atoms with Crippen molar-refractivity contribution in [1.29, 1.82) is 0 Å². The van der Waals surface area contributed by atoms with Gasteiger partial charge in [-0.15, -0.1) is 0 Å². The maximum absolute atomic E-state index is 12.1. The van der Waals surface area contributed by atoms with Gasteiger partial charge < -0.3 is 19.3 Å². The summed E-state index contributed by atoms with van der Waals surface area (Å²) >= 11 is 0. The third-order valence-corrected chi connectivity index (χ3v) is 3.41. The molecule has 3 aromatic rings. The fourth-order valence-corrected chi connectivity index (χ4v) is 2.25. The van der Waals surface area contributed by atoms with Crippen molar-refractivity contribution in [3.63, 3.8) is 0 Å². The number of hydrogen-bond donors (Lipinski definition) is 2. The molecule has 0 fully saturated rings. The lowest BCUT2D eigenvalue weighted by atomic mass is 10.2. The highest BCUT2D eigenvalue weighted by Crippen LogP contribution is 2.26. The quantitative estimate of drug-likeness (QED) is 0.759. The van der Waals surface area contributed by atoms with Crippen LogP contribution in [0.4, 0.5) is 5.69 Å². The molecule has 0 aliphatic carbocycles. The lowest BCUT2D eigenvalue weighted by Gasteiger charge is -2.06. The zero-order valence-electron chi connectivity index (χ0n) is 13.1. The van der Waals surface area contributed by atoms with Gasteiger partial charge >= 0.3 is 11.3 Å². The van der Waals surface area contributed by atoms with E-state index in [4.69, 9.17) is 8.83 Å². The van der Waals surface area contributed by atoms with Crippen molar-refractivity contribution < 1.29 is 18.7 Å². The van der Waals surface area contributed by atoms with Crippen molar-refractivity contribution in [3.05, 3.63) is 80.7 Å². The van der Waals surface area contributed by atoms with E-state index in [1.165, 1.54) is 25.1 Å². The van der Waals surface area contributed by atoms with Crippen LogP contribution in [0.2, 0.25) is 0 Å². The molecular formula is C18H13NO6. The van der Waals surface area contributed by atoms with Crippen LogP contribution < -0.4 is 16.6 Å². The largest absolute Gasteiger partial charge is 0.507 e. The average Bonchev–Trinajstić information content (AvgIpc) is 2.57. The maximum Gasteiger partial charge on any atom is 0.360 e. The van der Waals surface area contributed by atoms with Gasteiger partial charge in [-0.3, -0.25) is 4.79 Å². The molecule has 25 heavy (non-hydrogen) atoms. The SMILES string of the molecule is Cc1cc(O)c(-c2ccc(NC(=O)c3ccccc3)c(=O)o2)c(=O)o1. The molecule has 7 nitrogen and oxygen atoms in total. The van der Waals surface area contributed by atoms with Crippen LogP contribution in [0.1, 0.15) is 16.1 Å². The Morgan fingerprint density at radius 2 is 1.72 bits per heavy atom. The summed E-state index contributed by atoms with van der Waals surface area (Å²) in [5, 5.41) is 12.3. The van der Waals surface area contributed by atoms with Crippen LogP contribution in [0.25, 0.3) is 11.3 Å². The molecule has 7 heteroatoms. The number of nitrogens with one attached hydrogen (secondary N) is 1. The first-order chi connectivity index (χ1) is 12.0. The third-order valence-electron chi connectivity index (χ3n) is 3.41. The fourth-order valence-electron chi connectivity index (χ4n) is 2.25. The third kappa shape index (κ3) is 3.35. The number of carbonyl (C=O) groups excluding carboxylic acids is 1. The molecule has 3 rings (SSSR count). The van der Waals surface area contributed by atoms with Crippen molar-refractivity contribution in [2.75, 3.05) is 5.32 Å². The molecule has 0 bridgehead atoms. The minimum absolute atomic E-state index is 0.0893. The molecular weight excluding hydrogens is 326 g/mol. The summed E-state index contributed by atoms with van der Waals surface area (Å²) in [4.78, 5) is 36.0. The molecule has 2 heterocycles. The van der Waals surface area contributed by atoms with Crippen molar-refractivity contribution >= 4 is 11.6 Å². The highest BCUT2D eigenvalue weighted by molar-refractivity contribution is 6.04. The van der Waals surface area contributed by atoms with Crippen LogP contribution in [0.5, 0.6) is 5.75 Å². The fraction of sp³-hybridized carbons (Fsp3) is 0.0556. The van der Waals surface area contributed by atoms with Crippen LogP contribution in [0.3, 0.4) is 0 Å². The Kier molecular flexibility index (Phi) is 4.21. The number of aromatic hydroxyl groups is 1. The molecule has 0 spiro atoms. The molecule has 126 valence electrons. The van der Waals surface area contributed by atoms with Crippen LogP contribution in [-0.2, 0) is 0 Å². The Morgan fingerprint density at radius 3 is 2.36 bits per heavy atom. The zero-order valence-corrected chi connectivity index (χ0v) is 13.1. The van der Waals surface area contributed by atoms with Gasteiger partial charge in [0.05, 0.1) is 0 Å². The van der Waals surface area contributed by atoms with Crippen LogP contribution in [0, 0.1) is 6.92 Å². The van der Waals surface area contributed by atoms with E-state index in [0.717, 1.165) is 0 Å². The number of amides is 1. The van der Waals surface area contributed by atoms with Gasteiger partial charge in [-0.1, -0.05) is 18.2 Å². The summed E-state index contributed by atoms with van der Waals surface area (Å²) < 4.78 is 9.93. The van der Waals surface area contributed by atoms with E-state index < -0.39 is 17.2 Å². The molecule has 0 saturated carbocycles. The van der Waals surface area contributed by atoms with Gasteiger partial charge in [-0.25, -0.2) is 9.59 Å². The molecule has 0 aliphatic heterocycles. The van der Waals surface area contributed by atoms with Gasteiger partial charge in [0.25, 0.3) is 5.91 Å². The Balaban J connectivity index is 1.94. The lowest BCUT2D eigenvalue weighted by molar-refractivity contribution is 0.102. The van der Waals surface area contributed by atoms with Gasteiger partial charge in [0.15, 0.2) is 0 Å². The molecule has 0 atom stereocenters. The first-order valence-electron chi connectivity index (χ1n) is 7.30. The summed E-state index contributed by atoms with van der Waals surface area (Å²) in [5.41, 5.74) is -1.66. The van der Waals surface area contributed by atoms with Crippen molar-refractivity contribution in [3.8, 4) is 17.1 Å². The number of anilines is 1. The predicted molar refractivity (Wildman–Crippen MR) is 89.7 cm³/mol. The van der Waals surface area contributed by atoms with E-state index in [1.807, 2.05) is 0 Å². The van der Waals surface area contributed by atoms with Crippen LogP contribution in [-0.4, -0.2) is 11.0 Å². The molecule has 0 saturated heterocycles. The summed E-state index contributed by atoms with van der Waals surface area (Å²) in [6, 6.07) is 12.2. The van der Waals surface area contributed by atoms with Crippen LogP contribution >= 0.6 is 0 Å². The molecule has 2 aromatic heterocycles. The minimum atomic E-state index is -0.860. The Morgan fingerprint density at radius 1 is 1.00 bits per heavy atom. The molecule has 0 aliphatic rings. The van der Waals surface area contributed by atoms with E-state index >= 15 is 0 Å². The van der Waals surface area contributed by atoms with Gasteiger partial charge in [0, 0.05) is 11.6 Å². The van der Waals surface area contributed by atoms with Crippen molar-refractivity contribution in [1.82, 2.24) is 0 Å². The first-order valence-corrected chi connectivity index (χ1v) is 7.30. The molecule has 1 aromatic carbocycles. The summed E-state index contributed by atoms with van der Waals surface area (Å²) in [5.74, 6) is -0.773. The van der Waals surface area contributed by atoms with Gasteiger partial charge in [0.2, 0.25) is 0 Å². The van der Waals surface area contributed by atoms with Crippen molar-refractivity contribution in [2.24, 2.45) is 0 Å². The summed E-state index contributed by atoms with van der Waals surface area (Å²) in [6.45, 7) is 1.50. The maximum atomic E-state index is 12.1. The van der Waals surface area contributed by atoms with Gasteiger partial charge in [0.1, 0.15) is 28.5 Å². The summed E-state index contributed by atoms with van der Waals surface area (Å²) in [7, 11) is 0. The second kappa shape index (κ2) is 6.48. The number of hydrogen-bond acceptors (Lipinski definition) is 6. The summed E-state index contributed by atoms with van der Waals surface area (Å²) in [6.07, 6.45) is 0. The zero-order chi connectivity index (χ0) is 18.0. The van der Waals surface area contributed by atoms with E-state index in [0.29, 0.717) is 5.56 Å². The predicted octanol–water partition coefficient (Wildman–Crippen LogP) is 2.53. The topological polar surface area (TPSA) is 110 Å². The highest BCUT2D eigenvalue weighted by atomic mass is 16.4. The molecule has 1 amide bonds. The Bertz CT molecular complexity index is 1050. The normalized spacial score (nSPS) is 10.4.